The second-order valence-corrected chi connectivity index (χ2v) is 27.1. The predicted molar refractivity (Wildman–Crippen MR) is 256 cm³/mol. The highest BCUT2D eigenvalue weighted by molar-refractivity contribution is 8.78. The summed E-state index contributed by atoms with van der Waals surface area (Å²) in [6.07, 6.45) is 3.00. The van der Waals surface area contributed by atoms with Gasteiger partial charge in [-0.1, -0.05) is 101 Å². The first-order chi connectivity index (χ1) is 29.3. The Bertz CT molecular complexity index is 1650. The minimum Gasteiger partial charge on any atom is -0.321 e. The van der Waals surface area contributed by atoms with Crippen LogP contribution in [0.3, 0.4) is 0 Å². The van der Waals surface area contributed by atoms with Crippen LogP contribution in [0, 0.1) is 22.7 Å². The zero-order valence-electron chi connectivity index (χ0n) is 38.0. The van der Waals surface area contributed by atoms with Gasteiger partial charge in [-0.15, -0.1) is 0 Å². The Hall–Kier alpha value is -0.0400. The summed E-state index contributed by atoms with van der Waals surface area (Å²) in [5.41, 5.74) is 0. The molecule has 2 aliphatic heterocycles. The summed E-state index contributed by atoms with van der Waals surface area (Å²) in [4.78, 5) is 0.363. The maximum absolute atomic E-state index is 13.6. The van der Waals surface area contributed by atoms with Crippen LogP contribution in [0.1, 0.15) is 133 Å². The molecule has 20 heteroatoms. The highest BCUT2D eigenvalue weighted by atomic mass is 33.1. The van der Waals surface area contributed by atoms with Crippen molar-refractivity contribution in [2.24, 2.45) is 0 Å². The molecule has 6 atom stereocenters. The maximum Gasteiger partial charge on any atom is 0.403 e. The molecule has 62 heavy (non-hydrogen) atoms. The Kier molecular flexibility index (Phi) is 24.0. The summed E-state index contributed by atoms with van der Waals surface area (Å²) in [5, 5.41) is 16.1. The molecule has 2 saturated heterocycles. The molecule has 4 fully saturated rings. The fraction of sp³-hybridized carbons (Fsp3) is 0.810. The number of hydrogen-bond acceptors (Lipinski definition) is 14. The topological polar surface area (TPSA) is 125 Å². The van der Waals surface area contributed by atoms with E-state index in [9.17, 15) is 21.6 Å². The van der Waals surface area contributed by atoms with Crippen LogP contribution in [-0.4, -0.2) is 99.3 Å². The maximum atomic E-state index is 13.6. The van der Waals surface area contributed by atoms with Crippen molar-refractivity contribution in [2.45, 2.75) is 201 Å². The Balaban J connectivity index is 0.000000328. The van der Waals surface area contributed by atoms with E-state index in [2.05, 4.69) is 38.4 Å². The number of halogens is 3. The van der Waals surface area contributed by atoms with Crippen LogP contribution in [0.5, 0.6) is 0 Å². The molecule has 1 aromatic carbocycles. The lowest BCUT2D eigenvalue weighted by Gasteiger charge is -2.45. The molecule has 0 radical (unpaired) electrons. The van der Waals surface area contributed by atoms with Crippen molar-refractivity contribution < 1.29 is 39.7 Å². The highest BCUT2D eigenvalue weighted by Crippen LogP contribution is 2.67. The van der Waals surface area contributed by atoms with E-state index in [0.717, 1.165) is 55.7 Å². The molecule has 0 N–H and O–H groups in total. The zero-order chi connectivity index (χ0) is 46.3. The molecule has 2 aliphatic carbocycles. The lowest BCUT2D eigenvalue weighted by atomic mass is 9.78. The lowest BCUT2D eigenvalue weighted by Crippen LogP contribution is -2.51. The van der Waals surface area contributed by atoms with Crippen LogP contribution in [0.25, 0.3) is 0 Å². The third-order valence-corrected chi connectivity index (χ3v) is 24.4. The molecular formula is C42H69F3N4O6P2S5. The van der Waals surface area contributed by atoms with E-state index in [4.69, 9.17) is 28.6 Å². The van der Waals surface area contributed by atoms with Gasteiger partial charge in [0.05, 0.1) is 69.7 Å². The zero-order valence-corrected chi connectivity index (χ0v) is 43.9. The van der Waals surface area contributed by atoms with Crippen LogP contribution in [-0.2, 0) is 27.9 Å². The van der Waals surface area contributed by atoms with Crippen molar-refractivity contribution in [3.8, 4) is 12.1 Å². The van der Waals surface area contributed by atoms with E-state index in [1.54, 1.807) is 35.1 Å². The van der Waals surface area contributed by atoms with Crippen molar-refractivity contribution >= 4 is 70.1 Å². The Morgan fingerprint density at radius 1 is 0.726 bits per heavy atom. The third-order valence-electron chi connectivity index (χ3n) is 10.7. The molecule has 0 amide bonds. The van der Waals surface area contributed by atoms with E-state index in [0.29, 0.717) is 17.9 Å². The lowest BCUT2D eigenvalue weighted by molar-refractivity contribution is -0.149. The Morgan fingerprint density at radius 3 is 1.58 bits per heavy atom. The van der Waals surface area contributed by atoms with Gasteiger partial charge in [0, 0.05) is 24.2 Å². The number of benzene rings is 1. The highest BCUT2D eigenvalue weighted by Gasteiger charge is 2.63. The van der Waals surface area contributed by atoms with E-state index in [1.165, 1.54) is 17.2 Å². The number of sulfone groups is 1. The van der Waals surface area contributed by atoms with Gasteiger partial charge in [0.2, 0.25) is 0 Å². The van der Waals surface area contributed by atoms with Crippen molar-refractivity contribution in [2.75, 3.05) is 19.0 Å². The normalized spacial score (nSPS) is 24.1. The molecule has 1 aromatic rings. The second-order valence-electron chi connectivity index (χ2n) is 16.6. The van der Waals surface area contributed by atoms with Gasteiger partial charge in [-0.2, -0.15) is 23.7 Å². The van der Waals surface area contributed by atoms with Gasteiger partial charge in [0.1, 0.15) is 11.4 Å². The molecule has 354 valence electrons. The van der Waals surface area contributed by atoms with Crippen LogP contribution in [0.15, 0.2) is 35.2 Å². The average Bonchev–Trinajstić information content (AvgIpc) is 3.74. The third kappa shape index (κ3) is 15.2. The smallest absolute Gasteiger partial charge is 0.321 e. The monoisotopic (exact) mass is 1000 g/mol. The molecule has 0 bridgehead atoms. The van der Waals surface area contributed by atoms with Crippen LogP contribution in [0.2, 0.25) is 0 Å². The molecule has 5 rings (SSSR count). The van der Waals surface area contributed by atoms with Crippen molar-refractivity contribution in [1.82, 2.24) is 9.34 Å². The Labute approximate surface area is 389 Å². The molecule has 4 aliphatic rings. The van der Waals surface area contributed by atoms with Gasteiger partial charge in [-0.3, -0.25) is 0 Å². The molecule has 10 nitrogen and oxygen atoms in total. The van der Waals surface area contributed by atoms with E-state index >= 15 is 0 Å². The summed E-state index contributed by atoms with van der Waals surface area (Å²) in [6, 6.07) is 13.4. The minimum absolute atomic E-state index is 0.0474. The van der Waals surface area contributed by atoms with Crippen molar-refractivity contribution in [3.05, 3.63) is 30.3 Å². The summed E-state index contributed by atoms with van der Waals surface area (Å²) in [7, 11) is -0.839. The fourth-order valence-electron chi connectivity index (χ4n) is 7.91. The largest absolute Gasteiger partial charge is 0.403 e. The standard InChI is InChI=1S/C24H37N2O4PS3.C16H26F3N2O2PS2.C2H6/c1-19(2)26(20(3)4)31(29-17-11-16-25)30-23-22(32-33-24(23)14-9-6-10-15-24)18-34(27,28)21-12-7-5-8-13-21;1-11(2)21(12(3)4)24(22-10-6-9-20)23-13-14(16(17,18)19)25-26-15(13)7-5-8-15;1-2/h5,7-8,12-13,19-20,22-23H,6,9-11,14-15,17-18H2,1-4H3;11-14H,5-8,10H2,1-4H3;1-2H3. The van der Waals surface area contributed by atoms with Gasteiger partial charge < -0.3 is 18.1 Å². The first-order valence-corrected chi connectivity index (χ1v) is 30.2. The second kappa shape index (κ2) is 26.5. The number of rotatable bonds is 19. The number of nitriles is 2. The van der Waals surface area contributed by atoms with Gasteiger partial charge in [-0.05, 0) is 93.2 Å². The van der Waals surface area contributed by atoms with Crippen molar-refractivity contribution in [3.63, 3.8) is 0 Å². The summed E-state index contributed by atoms with van der Waals surface area (Å²) in [5.74, 6) is 0.0474. The molecular weight excluding hydrogens is 936 g/mol. The molecule has 2 spiro atoms. The van der Waals surface area contributed by atoms with E-state index < -0.39 is 49.2 Å². The summed E-state index contributed by atoms with van der Waals surface area (Å²) in [6.45, 7) is 20.9. The molecule has 2 heterocycles. The first kappa shape index (κ1) is 56.3. The predicted octanol–water partition coefficient (Wildman–Crippen LogP) is 13.5. The van der Waals surface area contributed by atoms with Crippen LogP contribution < -0.4 is 0 Å². The van der Waals surface area contributed by atoms with E-state index in [1.807, 2.05) is 69.1 Å². The minimum atomic E-state index is -4.31. The van der Waals surface area contributed by atoms with Gasteiger partial charge in [0.25, 0.3) is 17.1 Å². The van der Waals surface area contributed by atoms with Gasteiger partial charge in [-0.25, -0.2) is 17.8 Å². The van der Waals surface area contributed by atoms with Crippen LogP contribution >= 0.6 is 60.2 Å². The Morgan fingerprint density at radius 2 is 1.16 bits per heavy atom. The van der Waals surface area contributed by atoms with Gasteiger partial charge in [0.15, 0.2) is 9.84 Å². The average molecular weight is 1010 g/mol. The van der Waals surface area contributed by atoms with Gasteiger partial charge >= 0.3 is 6.18 Å². The number of alkyl halides is 3. The van der Waals surface area contributed by atoms with Crippen molar-refractivity contribution in [1.29, 1.82) is 10.5 Å². The molecule has 6 unspecified atom stereocenters. The quantitative estimate of drug-likeness (QED) is 0.0741. The summed E-state index contributed by atoms with van der Waals surface area (Å²) >= 11 is 0. The fourth-order valence-corrected chi connectivity index (χ4v) is 22.1. The number of hydrogen-bond donors (Lipinski definition) is 0. The SMILES string of the molecule is CC.CC(C)N(C(C)C)P(OCCC#N)OC1C(C(F)(F)F)SSC12CCC2.CC(C)N(C(C)C)P(OCCC#N)OC1C(CS(=O)(=O)c2ccccc2)SSC12CCCCC2. The van der Waals surface area contributed by atoms with E-state index in [-0.39, 0.29) is 59.0 Å². The number of nitrogens with zero attached hydrogens (tertiary/aromatic N) is 4. The molecule has 2 saturated carbocycles. The molecule has 0 aromatic heterocycles. The first-order valence-electron chi connectivity index (χ1n) is 21.9. The van der Waals surface area contributed by atoms with Crippen LogP contribution in [0.4, 0.5) is 13.2 Å². The summed E-state index contributed by atoms with van der Waals surface area (Å²) < 4.78 is 96.1.